The lowest BCUT2D eigenvalue weighted by atomic mass is 9.91. The molecular weight excluding hydrogens is 406 g/mol. The SMILES string of the molecule is C[C@@H]1[C@H](Cc2cccc(-c3cc(Cl)ccc3F)c2F)N(C(=O)C2CC2)CC1(F)F. The van der Waals surface area contributed by atoms with E-state index in [1.54, 1.807) is 6.07 Å². The third-order valence-electron chi connectivity index (χ3n) is 5.96. The predicted molar refractivity (Wildman–Crippen MR) is 103 cm³/mol. The van der Waals surface area contributed by atoms with Crippen LogP contribution in [-0.2, 0) is 11.2 Å². The van der Waals surface area contributed by atoms with Gasteiger partial charge in [-0.3, -0.25) is 4.79 Å². The Morgan fingerprint density at radius 3 is 2.59 bits per heavy atom. The number of rotatable bonds is 4. The normalized spacial score (nSPS) is 23.4. The number of carbonyl (C=O) groups is 1. The van der Waals surface area contributed by atoms with Gasteiger partial charge in [-0.2, -0.15) is 0 Å². The number of benzene rings is 2. The second kappa shape index (κ2) is 7.31. The Kier molecular flexibility index (Phi) is 5.09. The molecule has 0 aromatic heterocycles. The van der Waals surface area contributed by atoms with Gasteiger partial charge in [-0.15, -0.1) is 0 Å². The summed E-state index contributed by atoms with van der Waals surface area (Å²) in [6.07, 6.45) is 1.36. The minimum atomic E-state index is -3.03. The zero-order valence-electron chi connectivity index (χ0n) is 15.8. The van der Waals surface area contributed by atoms with Crippen molar-refractivity contribution in [2.75, 3.05) is 6.54 Å². The average molecular weight is 426 g/mol. The summed E-state index contributed by atoms with van der Waals surface area (Å²) >= 11 is 5.92. The molecule has 1 aliphatic carbocycles. The van der Waals surface area contributed by atoms with E-state index in [4.69, 9.17) is 11.6 Å². The highest BCUT2D eigenvalue weighted by atomic mass is 35.5. The number of hydrogen-bond donors (Lipinski definition) is 0. The molecule has 0 spiro atoms. The van der Waals surface area contributed by atoms with E-state index in [0.29, 0.717) is 12.8 Å². The van der Waals surface area contributed by atoms with E-state index in [9.17, 15) is 18.0 Å². The zero-order chi connectivity index (χ0) is 20.9. The quantitative estimate of drug-likeness (QED) is 0.574. The van der Waals surface area contributed by atoms with Crippen LogP contribution in [0.3, 0.4) is 0 Å². The molecule has 2 aromatic rings. The van der Waals surface area contributed by atoms with Crippen LogP contribution in [0.2, 0.25) is 5.02 Å². The molecule has 4 rings (SSSR count). The molecule has 0 unspecified atom stereocenters. The third-order valence-corrected chi connectivity index (χ3v) is 6.20. The first-order chi connectivity index (χ1) is 13.7. The van der Waals surface area contributed by atoms with Gasteiger partial charge in [0.15, 0.2) is 0 Å². The maximum absolute atomic E-state index is 15.2. The van der Waals surface area contributed by atoms with Crippen LogP contribution < -0.4 is 0 Å². The summed E-state index contributed by atoms with van der Waals surface area (Å²) in [5.74, 6) is -5.92. The summed E-state index contributed by atoms with van der Waals surface area (Å²) in [5.41, 5.74) is 0.192. The number of alkyl halides is 2. The van der Waals surface area contributed by atoms with Gasteiger partial charge in [0.1, 0.15) is 11.6 Å². The largest absolute Gasteiger partial charge is 0.333 e. The van der Waals surface area contributed by atoms with Crippen LogP contribution >= 0.6 is 11.6 Å². The van der Waals surface area contributed by atoms with E-state index in [2.05, 4.69) is 0 Å². The first kappa shape index (κ1) is 20.2. The summed E-state index contributed by atoms with van der Waals surface area (Å²) < 4.78 is 58.2. The van der Waals surface area contributed by atoms with Crippen LogP contribution in [-0.4, -0.2) is 29.3 Å². The highest BCUT2D eigenvalue weighted by molar-refractivity contribution is 6.30. The third kappa shape index (κ3) is 3.75. The molecular formula is C22H20ClF4NO. The molecule has 1 saturated heterocycles. The molecule has 0 radical (unpaired) electrons. The minimum absolute atomic E-state index is 0.00700. The van der Waals surface area contributed by atoms with Gasteiger partial charge in [0.2, 0.25) is 5.91 Å². The van der Waals surface area contributed by atoms with Gasteiger partial charge in [0, 0.05) is 34.0 Å². The molecule has 0 bridgehead atoms. The van der Waals surface area contributed by atoms with E-state index < -0.39 is 36.1 Å². The average Bonchev–Trinajstić information content (AvgIpc) is 3.49. The first-order valence-electron chi connectivity index (χ1n) is 9.60. The second-order valence-electron chi connectivity index (χ2n) is 7.96. The van der Waals surface area contributed by atoms with Gasteiger partial charge in [-0.25, -0.2) is 17.6 Å². The standard InChI is InChI=1S/C22H20ClF4NO/c1-12-19(28(11-22(12,26)27)21(29)13-5-6-13)9-14-3-2-4-16(20(14)25)17-10-15(23)7-8-18(17)24/h2-4,7-8,10,12-13,19H,5-6,9,11H2,1H3/t12-,19+/m1/s1. The fraction of sp³-hybridized carbons (Fsp3) is 0.409. The van der Waals surface area contributed by atoms with Crippen molar-refractivity contribution in [3.05, 3.63) is 58.6 Å². The van der Waals surface area contributed by atoms with Gasteiger partial charge in [0.05, 0.1) is 6.54 Å². The van der Waals surface area contributed by atoms with Crippen LogP contribution in [0.15, 0.2) is 36.4 Å². The molecule has 0 N–H and O–H groups in total. The van der Waals surface area contributed by atoms with E-state index in [0.717, 1.165) is 6.07 Å². The van der Waals surface area contributed by atoms with Crippen LogP contribution in [0.4, 0.5) is 17.6 Å². The molecule has 1 amide bonds. The number of hydrogen-bond acceptors (Lipinski definition) is 1. The Bertz CT molecular complexity index is 960. The van der Waals surface area contributed by atoms with Crippen molar-refractivity contribution < 1.29 is 22.4 Å². The minimum Gasteiger partial charge on any atom is -0.333 e. The molecule has 1 saturated carbocycles. The maximum atomic E-state index is 15.2. The molecule has 2 aromatic carbocycles. The van der Waals surface area contributed by atoms with Gasteiger partial charge >= 0.3 is 0 Å². The first-order valence-corrected chi connectivity index (χ1v) is 9.98. The van der Waals surface area contributed by atoms with Crippen molar-refractivity contribution in [2.24, 2.45) is 11.8 Å². The Labute approximate surface area is 171 Å². The highest BCUT2D eigenvalue weighted by Crippen LogP contribution is 2.43. The van der Waals surface area contributed by atoms with E-state index >= 15 is 4.39 Å². The van der Waals surface area contributed by atoms with E-state index in [1.165, 1.54) is 36.1 Å². The van der Waals surface area contributed by atoms with Crippen molar-refractivity contribution in [3.8, 4) is 11.1 Å². The molecule has 7 heteroatoms. The van der Waals surface area contributed by atoms with Crippen LogP contribution in [0.25, 0.3) is 11.1 Å². The molecule has 2 fully saturated rings. The zero-order valence-corrected chi connectivity index (χ0v) is 16.5. The Morgan fingerprint density at radius 1 is 1.17 bits per heavy atom. The van der Waals surface area contributed by atoms with Crippen molar-refractivity contribution in [3.63, 3.8) is 0 Å². The Morgan fingerprint density at radius 2 is 1.90 bits per heavy atom. The number of amides is 1. The molecule has 154 valence electrons. The fourth-order valence-corrected chi connectivity index (χ4v) is 4.18. The summed E-state index contributed by atoms with van der Waals surface area (Å²) in [6.45, 7) is 0.752. The van der Waals surface area contributed by atoms with Crippen molar-refractivity contribution in [1.29, 1.82) is 0 Å². The highest BCUT2D eigenvalue weighted by Gasteiger charge is 2.54. The molecule has 2 atom stereocenters. The molecule has 2 nitrogen and oxygen atoms in total. The van der Waals surface area contributed by atoms with E-state index in [-0.39, 0.29) is 40.0 Å². The van der Waals surface area contributed by atoms with E-state index in [1.807, 2.05) is 0 Å². The van der Waals surface area contributed by atoms with Gasteiger partial charge in [-0.05, 0) is 43.0 Å². The monoisotopic (exact) mass is 425 g/mol. The van der Waals surface area contributed by atoms with Gasteiger partial charge in [-0.1, -0.05) is 36.7 Å². The maximum Gasteiger partial charge on any atom is 0.269 e. The summed E-state index contributed by atoms with van der Waals surface area (Å²) in [4.78, 5) is 13.7. The predicted octanol–water partition coefficient (Wildman–Crippen LogP) is 5.72. The number of likely N-dealkylation sites (tertiary alicyclic amines) is 1. The van der Waals surface area contributed by atoms with Gasteiger partial charge < -0.3 is 4.90 Å². The topological polar surface area (TPSA) is 20.3 Å². The number of carbonyl (C=O) groups excluding carboxylic acids is 1. The molecule has 1 heterocycles. The summed E-state index contributed by atoms with van der Waals surface area (Å²) in [5, 5.41) is 0.261. The number of halogens is 5. The van der Waals surface area contributed by atoms with Crippen LogP contribution in [0, 0.1) is 23.5 Å². The lowest BCUT2D eigenvalue weighted by molar-refractivity contribution is -0.134. The lowest BCUT2D eigenvalue weighted by Crippen LogP contribution is -2.40. The number of nitrogens with zero attached hydrogens (tertiary/aromatic N) is 1. The smallest absolute Gasteiger partial charge is 0.269 e. The molecule has 2 aliphatic rings. The Balaban J connectivity index is 1.68. The summed E-state index contributed by atoms with van der Waals surface area (Å²) in [6, 6.07) is 7.50. The van der Waals surface area contributed by atoms with Crippen molar-refractivity contribution >= 4 is 17.5 Å². The summed E-state index contributed by atoms with van der Waals surface area (Å²) in [7, 11) is 0. The fourth-order valence-electron chi connectivity index (χ4n) is 4.01. The lowest BCUT2D eigenvalue weighted by Gasteiger charge is -2.27. The van der Waals surface area contributed by atoms with Crippen LogP contribution in [0.1, 0.15) is 25.3 Å². The van der Waals surface area contributed by atoms with Crippen LogP contribution in [0.5, 0.6) is 0 Å². The molecule has 1 aliphatic heterocycles. The Hall–Kier alpha value is -2.08. The molecule has 29 heavy (non-hydrogen) atoms. The van der Waals surface area contributed by atoms with Crippen molar-refractivity contribution in [2.45, 2.75) is 38.2 Å². The van der Waals surface area contributed by atoms with Crippen molar-refractivity contribution in [1.82, 2.24) is 4.90 Å². The second-order valence-corrected chi connectivity index (χ2v) is 8.40. The van der Waals surface area contributed by atoms with Gasteiger partial charge in [0.25, 0.3) is 5.92 Å².